The van der Waals surface area contributed by atoms with Crippen molar-refractivity contribution in [1.82, 2.24) is 19.8 Å². The lowest BCUT2D eigenvalue weighted by molar-refractivity contribution is -0.118. The van der Waals surface area contributed by atoms with Crippen molar-refractivity contribution in [2.75, 3.05) is 51.4 Å². The minimum absolute atomic E-state index is 0.0528. The molecule has 2 amide bonds. The van der Waals surface area contributed by atoms with Gasteiger partial charge in [0.1, 0.15) is 5.75 Å². The molecule has 0 bridgehead atoms. The Morgan fingerprint density at radius 3 is 2.76 bits per heavy atom. The Balaban J connectivity index is 1.07. The molecule has 49 heavy (non-hydrogen) atoms. The Morgan fingerprint density at radius 1 is 1.08 bits per heavy atom. The number of nitrogens with one attached hydrogen (secondary N) is 1. The van der Waals surface area contributed by atoms with Gasteiger partial charge in [-0.1, -0.05) is 56.0 Å². The van der Waals surface area contributed by atoms with E-state index in [9.17, 15) is 14.7 Å². The molecule has 3 heterocycles. The highest BCUT2D eigenvalue weighted by atomic mass is 16.5. The molecule has 1 aromatic heterocycles. The molecule has 0 unspecified atom stereocenters. The molecule has 1 saturated heterocycles. The van der Waals surface area contributed by atoms with Crippen molar-refractivity contribution >= 4 is 17.5 Å². The minimum atomic E-state index is -0.784. The number of nitrogens with zero attached hydrogens (tertiary/aromatic N) is 4. The summed E-state index contributed by atoms with van der Waals surface area (Å²) in [5.74, 6) is 1.46. The van der Waals surface area contributed by atoms with Crippen LogP contribution in [0.1, 0.15) is 86.3 Å². The number of amides is 2. The number of rotatable bonds is 13. The summed E-state index contributed by atoms with van der Waals surface area (Å²) in [4.78, 5) is 35.7. The topological polar surface area (TPSA) is 109 Å². The van der Waals surface area contributed by atoms with Crippen molar-refractivity contribution in [3.05, 3.63) is 66.1 Å². The van der Waals surface area contributed by atoms with Gasteiger partial charge in [-0.3, -0.25) is 9.59 Å². The van der Waals surface area contributed by atoms with Gasteiger partial charge in [0.15, 0.2) is 5.69 Å². The molecule has 7 rings (SSSR count). The lowest BCUT2D eigenvalue weighted by Gasteiger charge is -2.42. The smallest absolute Gasteiger partial charge is 0.275 e. The van der Waals surface area contributed by atoms with Crippen molar-refractivity contribution in [2.24, 2.45) is 5.92 Å². The highest BCUT2D eigenvalue weighted by Crippen LogP contribution is 2.48. The molecule has 0 spiro atoms. The second-order valence-corrected chi connectivity index (χ2v) is 14.4. The van der Waals surface area contributed by atoms with Crippen molar-refractivity contribution in [1.29, 1.82) is 0 Å². The first-order valence-electron chi connectivity index (χ1n) is 18.4. The zero-order chi connectivity index (χ0) is 33.8. The van der Waals surface area contributed by atoms with Crippen LogP contribution in [-0.2, 0) is 16.0 Å². The Bertz CT molecular complexity index is 1610. The number of hydrogen-bond donors (Lipinski definition) is 2. The van der Waals surface area contributed by atoms with E-state index in [1.165, 1.54) is 12.8 Å². The number of imidazole rings is 1. The Hall–Kier alpha value is -3.73. The predicted molar refractivity (Wildman–Crippen MR) is 189 cm³/mol. The van der Waals surface area contributed by atoms with E-state index in [2.05, 4.69) is 16.0 Å². The Morgan fingerprint density at radius 2 is 1.94 bits per heavy atom. The van der Waals surface area contributed by atoms with Gasteiger partial charge < -0.3 is 34.3 Å². The SMILES string of the molecule is COCCCN1C(=O)CCc2cc(OCC[C@@H]3CNCCN3C(=O)c3ncn([C@@H]4CCCC[C@@]4(O)CC4CC4)c3-c3ccccc3)ccc21. The van der Waals surface area contributed by atoms with Crippen LogP contribution in [-0.4, -0.2) is 89.5 Å². The molecular formula is C39H51N5O5. The molecule has 3 atom stereocenters. The maximum absolute atomic E-state index is 14.5. The molecule has 0 radical (unpaired) electrons. The number of hydrogen-bond acceptors (Lipinski definition) is 7. The van der Waals surface area contributed by atoms with E-state index < -0.39 is 5.60 Å². The number of ether oxygens (including phenoxy) is 2. The highest BCUT2D eigenvalue weighted by Gasteiger charge is 2.45. The van der Waals surface area contributed by atoms with Crippen molar-refractivity contribution in [3.8, 4) is 17.0 Å². The number of aliphatic hydroxyl groups is 1. The van der Waals surface area contributed by atoms with Gasteiger partial charge in [-0.15, -0.1) is 0 Å². The zero-order valence-electron chi connectivity index (χ0n) is 28.8. The van der Waals surface area contributed by atoms with E-state index in [1.807, 2.05) is 58.6 Å². The van der Waals surface area contributed by atoms with E-state index in [0.717, 1.165) is 73.3 Å². The van der Waals surface area contributed by atoms with Gasteiger partial charge in [-0.2, -0.15) is 0 Å². The number of fused-ring (bicyclic) bond motifs is 1. The first-order chi connectivity index (χ1) is 23.9. The molecule has 3 aromatic rings. The molecule has 4 aliphatic rings. The minimum Gasteiger partial charge on any atom is -0.494 e. The summed E-state index contributed by atoms with van der Waals surface area (Å²) in [6, 6.07) is 15.9. The summed E-state index contributed by atoms with van der Waals surface area (Å²) in [5.41, 5.74) is 3.51. The molecule has 2 aliphatic carbocycles. The third-order valence-electron chi connectivity index (χ3n) is 11.0. The lowest BCUT2D eigenvalue weighted by atomic mass is 9.76. The second-order valence-electron chi connectivity index (χ2n) is 14.4. The maximum atomic E-state index is 14.5. The first kappa shape index (κ1) is 33.8. The third kappa shape index (κ3) is 7.42. The number of aromatic nitrogens is 2. The molecule has 2 N–H and O–H groups in total. The van der Waals surface area contributed by atoms with Crippen molar-refractivity contribution in [2.45, 2.75) is 88.3 Å². The summed E-state index contributed by atoms with van der Waals surface area (Å²) in [6.07, 6.45) is 11.5. The van der Waals surface area contributed by atoms with Crippen molar-refractivity contribution in [3.63, 3.8) is 0 Å². The van der Waals surface area contributed by atoms with Crippen molar-refractivity contribution < 1.29 is 24.2 Å². The van der Waals surface area contributed by atoms with E-state index in [1.54, 1.807) is 7.11 Å². The van der Waals surface area contributed by atoms with Crippen LogP contribution >= 0.6 is 0 Å². The largest absolute Gasteiger partial charge is 0.494 e. The zero-order valence-corrected chi connectivity index (χ0v) is 28.8. The fourth-order valence-corrected chi connectivity index (χ4v) is 8.27. The van der Waals surface area contributed by atoms with E-state index in [4.69, 9.17) is 14.5 Å². The van der Waals surface area contributed by atoms with Gasteiger partial charge in [0.2, 0.25) is 5.91 Å². The van der Waals surface area contributed by atoms with Gasteiger partial charge in [-0.05, 0) is 61.8 Å². The number of anilines is 1. The van der Waals surface area contributed by atoms with Crippen LogP contribution < -0.4 is 15.0 Å². The Kier molecular flexibility index (Phi) is 10.4. The fourth-order valence-electron chi connectivity index (χ4n) is 8.27. The summed E-state index contributed by atoms with van der Waals surface area (Å²) >= 11 is 0. The molecule has 2 saturated carbocycles. The van der Waals surface area contributed by atoms with Crippen LogP contribution in [0.3, 0.4) is 0 Å². The molecule has 2 aromatic carbocycles. The van der Waals surface area contributed by atoms with E-state index in [0.29, 0.717) is 63.7 Å². The molecule has 3 fully saturated rings. The summed E-state index contributed by atoms with van der Waals surface area (Å²) in [5, 5.41) is 15.5. The van der Waals surface area contributed by atoms with Crippen LogP contribution in [0.4, 0.5) is 5.69 Å². The fraction of sp³-hybridized carbons (Fsp3) is 0.564. The number of benzene rings is 2. The lowest BCUT2D eigenvalue weighted by Crippen LogP contribution is -2.54. The Labute approximate surface area is 289 Å². The predicted octanol–water partition coefficient (Wildman–Crippen LogP) is 5.40. The number of methoxy groups -OCH3 is 1. The van der Waals surface area contributed by atoms with Crippen LogP contribution in [0.5, 0.6) is 5.75 Å². The first-order valence-corrected chi connectivity index (χ1v) is 18.4. The molecule has 2 aliphatic heterocycles. The van der Waals surface area contributed by atoms with E-state index >= 15 is 0 Å². The molecule has 10 heteroatoms. The number of carbonyl (C=O) groups excluding carboxylic acids is 2. The number of piperazine rings is 1. The molecule has 10 nitrogen and oxygen atoms in total. The van der Waals surface area contributed by atoms with Crippen LogP contribution in [0.15, 0.2) is 54.9 Å². The normalized spacial score (nSPS) is 24.2. The van der Waals surface area contributed by atoms with Gasteiger partial charge in [0.05, 0.1) is 30.3 Å². The van der Waals surface area contributed by atoms with Gasteiger partial charge >= 0.3 is 0 Å². The van der Waals surface area contributed by atoms with Gasteiger partial charge in [-0.25, -0.2) is 4.98 Å². The summed E-state index contributed by atoms with van der Waals surface area (Å²) in [6.45, 7) is 3.72. The average Bonchev–Trinajstić information content (AvgIpc) is 3.82. The molecule has 262 valence electrons. The van der Waals surface area contributed by atoms with Crippen LogP contribution in [0.2, 0.25) is 0 Å². The van der Waals surface area contributed by atoms with E-state index in [-0.39, 0.29) is 23.9 Å². The number of aryl methyl sites for hydroxylation is 1. The summed E-state index contributed by atoms with van der Waals surface area (Å²) in [7, 11) is 1.68. The quantitative estimate of drug-likeness (QED) is 0.235. The maximum Gasteiger partial charge on any atom is 0.275 e. The second kappa shape index (κ2) is 15.0. The molecular weight excluding hydrogens is 618 g/mol. The van der Waals surface area contributed by atoms with Crippen LogP contribution in [0, 0.1) is 5.92 Å². The summed E-state index contributed by atoms with van der Waals surface area (Å²) < 4.78 is 13.6. The van der Waals surface area contributed by atoms with Gasteiger partial charge in [0.25, 0.3) is 5.91 Å². The number of carbonyl (C=O) groups is 2. The highest BCUT2D eigenvalue weighted by molar-refractivity contribution is 5.99. The van der Waals surface area contributed by atoms with Crippen LogP contribution in [0.25, 0.3) is 11.3 Å². The average molecular weight is 670 g/mol. The monoisotopic (exact) mass is 669 g/mol. The van der Waals surface area contributed by atoms with Gasteiger partial charge in [0, 0.05) is 70.0 Å². The third-order valence-corrected chi connectivity index (χ3v) is 11.0. The standard InChI is InChI=1S/C39H51N5O5/c1-48-22-7-20-43-33-15-14-32(24-30(33)13-16-35(43)45)49-23-17-31-26-40-19-21-42(31)38(46)36-37(29-8-3-2-4-9-29)44(27-41-36)34-10-5-6-18-39(34,47)25-28-11-12-28/h2-4,8-9,14-15,24,27-28,31,34,40,47H,5-7,10-13,16-23,25-26H2,1H3/t31-,34-,39-/m1/s1.